The number of carbonyl (C=O) groups excluding carboxylic acids is 1. The van der Waals surface area contributed by atoms with Crippen molar-refractivity contribution < 1.29 is 19.2 Å². The van der Waals surface area contributed by atoms with Gasteiger partial charge in [-0.15, -0.1) is 0 Å². The number of benzene rings is 1. The largest absolute Gasteiger partial charge is 0.494 e. The Morgan fingerprint density at radius 1 is 1.21 bits per heavy atom. The minimum Gasteiger partial charge on any atom is -0.399 e. The number of hydrogen-bond acceptors (Lipinski definition) is 4. The first-order valence-electron chi connectivity index (χ1n) is 8.37. The summed E-state index contributed by atoms with van der Waals surface area (Å²) >= 11 is 0. The van der Waals surface area contributed by atoms with Gasteiger partial charge in [-0.2, -0.15) is 0 Å². The quantitative estimate of drug-likeness (QED) is 0.807. The molecule has 2 amide bonds. The van der Waals surface area contributed by atoms with Gasteiger partial charge >= 0.3 is 13.1 Å². The molecule has 3 rings (SSSR count). The summed E-state index contributed by atoms with van der Waals surface area (Å²) in [5.41, 5.74) is 0.882. The lowest BCUT2D eigenvalue weighted by Crippen LogP contribution is -2.41. The van der Waals surface area contributed by atoms with Crippen LogP contribution in [0.25, 0.3) is 0 Å². The summed E-state index contributed by atoms with van der Waals surface area (Å²) in [6, 6.07) is 7.29. The van der Waals surface area contributed by atoms with Gasteiger partial charge in [-0.05, 0) is 51.7 Å². The van der Waals surface area contributed by atoms with Crippen molar-refractivity contribution in [3.8, 4) is 0 Å². The van der Waals surface area contributed by atoms with Crippen LogP contribution in [0.5, 0.6) is 0 Å². The van der Waals surface area contributed by atoms with E-state index in [-0.39, 0.29) is 17.2 Å². The number of β-amino-alcohol motifs (C(OH)–C–C–N with tert-alkyl or cyclic N) is 1. The van der Waals surface area contributed by atoms with Crippen molar-refractivity contribution in [2.45, 2.75) is 51.4 Å². The predicted octanol–water partition coefficient (Wildman–Crippen LogP) is 1.58. The van der Waals surface area contributed by atoms with Crippen molar-refractivity contribution >= 4 is 24.3 Å². The van der Waals surface area contributed by atoms with Crippen molar-refractivity contribution in [3.05, 3.63) is 24.3 Å². The number of amides is 2. The molecule has 0 saturated carbocycles. The van der Waals surface area contributed by atoms with Crippen molar-refractivity contribution in [3.63, 3.8) is 0 Å². The molecule has 0 radical (unpaired) electrons. The zero-order valence-corrected chi connectivity index (χ0v) is 14.7. The van der Waals surface area contributed by atoms with Gasteiger partial charge in [-0.3, -0.25) is 0 Å². The number of aliphatic hydroxyl groups is 1. The molecule has 2 N–H and O–H groups in total. The van der Waals surface area contributed by atoms with Crippen molar-refractivity contribution in [1.29, 1.82) is 0 Å². The first kappa shape index (κ1) is 17.3. The number of rotatable bonds is 2. The number of likely N-dealkylation sites (tertiary alicyclic amines) is 1. The lowest BCUT2D eigenvalue weighted by Gasteiger charge is -2.32. The van der Waals surface area contributed by atoms with Gasteiger partial charge in [0.1, 0.15) is 0 Å². The van der Waals surface area contributed by atoms with Crippen LogP contribution in [-0.2, 0) is 9.31 Å². The van der Waals surface area contributed by atoms with Crippen LogP contribution in [0.3, 0.4) is 0 Å². The minimum atomic E-state index is -0.415. The molecule has 0 unspecified atom stereocenters. The maximum atomic E-state index is 12.1. The van der Waals surface area contributed by atoms with E-state index < -0.39 is 13.2 Å². The maximum Gasteiger partial charge on any atom is 0.494 e. The van der Waals surface area contributed by atoms with E-state index in [1.165, 1.54) is 0 Å². The Balaban J connectivity index is 1.63. The van der Waals surface area contributed by atoms with Crippen LogP contribution >= 0.6 is 0 Å². The minimum absolute atomic E-state index is 0.185. The average molecular weight is 332 g/mol. The average Bonchev–Trinajstić information content (AvgIpc) is 3.01. The first-order valence-corrected chi connectivity index (χ1v) is 8.37. The van der Waals surface area contributed by atoms with Gasteiger partial charge < -0.3 is 24.6 Å². The van der Waals surface area contributed by atoms with Gasteiger partial charge in [-0.1, -0.05) is 12.1 Å². The monoisotopic (exact) mass is 332 g/mol. The van der Waals surface area contributed by atoms with Crippen molar-refractivity contribution in [1.82, 2.24) is 4.90 Å². The van der Waals surface area contributed by atoms with Gasteiger partial charge in [-0.25, -0.2) is 4.79 Å². The number of nitrogens with zero attached hydrogens (tertiary/aromatic N) is 1. The molecule has 2 fully saturated rings. The topological polar surface area (TPSA) is 71.0 Å². The van der Waals surface area contributed by atoms with Crippen LogP contribution in [-0.4, -0.2) is 53.6 Å². The van der Waals surface area contributed by atoms with E-state index in [0.717, 1.165) is 5.46 Å². The smallest absolute Gasteiger partial charge is 0.399 e. The summed E-state index contributed by atoms with van der Waals surface area (Å²) in [6.07, 6.45) is 0.218. The number of hydrogen-bond donors (Lipinski definition) is 2. The molecule has 24 heavy (non-hydrogen) atoms. The number of nitrogens with one attached hydrogen (secondary N) is 1. The molecular weight excluding hydrogens is 307 g/mol. The Morgan fingerprint density at radius 3 is 2.29 bits per heavy atom. The van der Waals surface area contributed by atoms with Crippen molar-refractivity contribution in [2.75, 3.05) is 18.4 Å². The SMILES string of the molecule is CC1(C)OB(c2ccc(NC(=O)N3CC[C@H](O)C3)cc2)OC1(C)C. The van der Waals surface area contributed by atoms with Crippen molar-refractivity contribution in [2.24, 2.45) is 0 Å². The normalized spacial score (nSPS) is 25.1. The van der Waals surface area contributed by atoms with Crippen LogP contribution < -0.4 is 10.8 Å². The van der Waals surface area contributed by atoms with E-state index in [9.17, 15) is 9.90 Å². The first-order chi connectivity index (χ1) is 11.2. The highest BCUT2D eigenvalue weighted by Crippen LogP contribution is 2.36. The molecule has 2 aliphatic heterocycles. The van der Waals surface area contributed by atoms with E-state index in [2.05, 4.69) is 5.32 Å². The molecule has 1 aromatic carbocycles. The fourth-order valence-electron chi connectivity index (χ4n) is 2.83. The highest BCUT2D eigenvalue weighted by atomic mass is 16.7. The fraction of sp³-hybridized carbons (Fsp3) is 0.588. The number of urea groups is 1. The van der Waals surface area contributed by atoms with Crippen LogP contribution in [0, 0.1) is 0 Å². The Hall–Kier alpha value is -1.57. The number of anilines is 1. The van der Waals surface area contributed by atoms with Gasteiger partial charge in [0.25, 0.3) is 0 Å². The molecule has 1 atom stereocenters. The summed E-state index contributed by atoms with van der Waals surface area (Å²) in [6.45, 7) is 9.05. The predicted molar refractivity (Wildman–Crippen MR) is 93.4 cm³/mol. The second-order valence-corrected chi connectivity index (χ2v) is 7.53. The van der Waals surface area contributed by atoms with Crippen LogP contribution in [0.4, 0.5) is 10.5 Å². The Labute approximate surface area is 143 Å². The van der Waals surface area contributed by atoms with Gasteiger partial charge in [0.05, 0.1) is 17.3 Å². The molecule has 130 valence electrons. The number of carbonyl (C=O) groups is 1. The molecule has 2 saturated heterocycles. The lowest BCUT2D eigenvalue weighted by atomic mass is 9.79. The molecular formula is C17H25BN2O4. The molecule has 2 heterocycles. The molecule has 2 aliphatic rings. The highest BCUT2D eigenvalue weighted by molar-refractivity contribution is 6.62. The Bertz CT molecular complexity index is 602. The highest BCUT2D eigenvalue weighted by Gasteiger charge is 2.51. The number of aliphatic hydroxyl groups excluding tert-OH is 1. The maximum absolute atomic E-state index is 12.1. The summed E-state index contributed by atoms with van der Waals surface area (Å²) in [7, 11) is -0.409. The standard InChI is InChI=1S/C17H25BN2O4/c1-16(2)17(3,4)24-18(23-16)12-5-7-13(8-6-12)19-15(22)20-10-9-14(21)11-20/h5-8,14,21H,9-11H2,1-4H3,(H,19,22)/t14-/m0/s1. The molecule has 0 spiro atoms. The third kappa shape index (κ3) is 3.29. The van der Waals surface area contributed by atoms with E-state index in [0.29, 0.717) is 25.2 Å². The summed E-state index contributed by atoms with van der Waals surface area (Å²) in [5.74, 6) is 0. The van der Waals surface area contributed by atoms with Crippen LogP contribution in [0.1, 0.15) is 34.1 Å². The fourth-order valence-corrected chi connectivity index (χ4v) is 2.83. The summed E-state index contributed by atoms with van der Waals surface area (Å²) in [4.78, 5) is 13.7. The lowest BCUT2D eigenvalue weighted by molar-refractivity contribution is 0.00578. The molecule has 0 aliphatic carbocycles. The van der Waals surface area contributed by atoms with Crippen LogP contribution in [0.2, 0.25) is 0 Å². The van der Waals surface area contributed by atoms with E-state index in [1.54, 1.807) is 4.90 Å². The second kappa shape index (κ2) is 6.06. The summed E-state index contributed by atoms with van der Waals surface area (Å²) in [5, 5.41) is 12.4. The van der Waals surface area contributed by atoms with Crippen LogP contribution in [0.15, 0.2) is 24.3 Å². The third-order valence-corrected chi connectivity index (χ3v) is 5.14. The Morgan fingerprint density at radius 2 is 1.79 bits per heavy atom. The molecule has 0 bridgehead atoms. The summed E-state index contributed by atoms with van der Waals surface area (Å²) < 4.78 is 12.0. The third-order valence-electron chi connectivity index (χ3n) is 5.14. The zero-order chi connectivity index (χ0) is 17.5. The van der Waals surface area contributed by atoms with Gasteiger partial charge in [0, 0.05) is 18.8 Å². The Kier molecular flexibility index (Phi) is 4.36. The van der Waals surface area contributed by atoms with Gasteiger partial charge in [0.15, 0.2) is 0 Å². The molecule has 1 aromatic rings. The van der Waals surface area contributed by atoms with Gasteiger partial charge in [0.2, 0.25) is 0 Å². The molecule has 0 aromatic heterocycles. The van der Waals surface area contributed by atoms with E-state index in [4.69, 9.17) is 9.31 Å². The second-order valence-electron chi connectivity index (χ2n) is 7.53. The molecule has 6 nitrogen and oxygen atoms in total. The van der Waals surface area contributed by atoms with E-state index in [1.807, 2.05) is 52.0 Å². The van der Waals surface area contributed by atoms with E-state index >= 15 is 0 Å². The molecule has 7 heteroatoms. The zero-order valence-electron chi connectivity index (χ0n) is 14.7.